The van der Waals surface area contributed by atoms with Gasteiger partial charge in [0.25, 0.3) is 5.91 Å². The van der Waals surface area contributed by atoms with Crippen LogP contribution in [0.4, 0.5) is 5.69 Å². The quantitative estimate of drug-likeness (QED) is 0.920. The van der Waals surface area contributed by atoms with Crippen LogP contribution in [0, 0.1) is 0 Å². The number of ether oxygens (including phenoxy) is 1. The van der Waals surface area contributed by atoms with Crippen molar-refractivity contribution in [1.29, 1.82) is 0 Å². The first kappa shape index (κ1) is 16.1. The van der Waals surface area contributed by atoms with E-state index in [4.69, 9.17) is 4.74 Å². The van der Waals surface area contributed by atoms with Crippen molar-refractivity contribution in [2.45, 2.75) is 19.4 Å². The molecular formula is C19H20N2O3. The van der Waals surface area contributed by atoms with Crippen molar-refractivity contribution in [3.05, 3.63) is 60.2 Å². The summed E-state index contributed by atoms with van der Waals surface area (Å²) in [6, 6.07) is 16.3. The first-order chi connectivity index (χ1) is 11.7. The summed E-state index contributed by atoms with van der Waals surface area (Å²) in [5, 5.41) is 2.93. The van der Waals surface area contributed by atoms with Gasteiger partial charge in [0.2, 0.25) is 5.91 Å². The summed E-state index contributed by atoms with van der Waals surface area (Å²) in [5.41, 5.74) is 1.42. The van der Waals surface area contributed by atoms with Crippen molar-refractivity contribution in [1.82, 2.24) is 5.32 Å². The maximum absolute atomic E-state index is 12.3. The van der Waals surface area contributed by atoms with Crippen molar-refractivity contribution >= 4 is 17.5 Å². The lowest BCUT2D eigenvalue weighted by molar-refractivity contribution is -0.117. The Hall–Kier alpha value is -2.82. The zero-order valence-corrected chi connectivity index (χ0v) is 13.6. The van der Waals surface area contributed by atoms with E-state index >= 15 is 0 Å². The van der Waals surface area contributed by atoms with Gasteiger partial charge in [0.1, 0.15) is 5.75 Å². The third kappa shape index (κ3) is 3.56. The van der Waals surface area contributed by atoms with E-state index in [1.54, 1.807) is 17.0 Å². The first-order valence-electron chi connectivity index (χ1n) is 8.06. The predicted octanol–water partition coefficient (Wildman–Crippen LogP) is 2.62. The molecule has 1 aliphatic rings. The topological polar surface area (TPSA) is 58.6 Å². The summed E-state index contributed by atoms with van der Waals surface area (Å²) in [6.45, 7) is 3.01. The van der Waals surface area contributed by atoms with Crippen molar-refractivity contribution in [3.8, 4) is 5.75 Å². The lowest BCUT2D eigenvalue weighted by atomic mass is 10.2. The minimum atomic E-state index is -0.184. The summed E-state index contributed by atoms with van der Waals surface area (Å²) in [4.78, 5) is 26.2. The Labute approximate surface area is 141 Å². The summed E-state index contributed by atoms with van der Waals surface area (Å²) in [5.74, 6) is 0.640. The van der Waals surface area contributed by atoms with E-state index in [1.165, 1.54) is 0 Å². The highest BCUT2D eigenvalue weighted by molar-refractivity contribution is 5.98. The number of rotatable bonds is 5. The molecule has 2 amide bonds. The zero-order chi connectivity index (χ0) is 16.9. The monoisotopic (exact) mass is 324 g/mol. The fourth-order valence-corrected chi connectivity index (χ4v) is 2.80. The molecule has 0 spiro atoms. The number of hydrogen-bond acceptors (Lipinski definition) is 3. The second kappa shape index (κ2) is 7.17. The van der Waals surface area contributed by atoms with Crippen LogP contribution in [0.15, 0.2) is 54.6 Å². The first-order valence-corrected chi connectivity index (χ1v) is 8.06. The number of benzene rings is 2. The van der Waals surface area contributed by atoms with Crippen molar-refractivity contribution in [2.24, 2.45) is 0 Å². The molecule has 0 aliphatic carbocycles. The average molecular weight is 324 g/mol. The molecule has 5 nitrogen and oxygen atoms in total. The smallest absolute Gasteiger partial charge is 0.251 e. The largest absolute Gasteiger partial charge is 0.494 e. The van der Waals surface area contributed by atoms with Gasteiger partial charge in [-0.3, -0.25) is 9.59 Å². The molecule has 2 aromatic carbocycles. The zero-order valence-electron chi connectivity index (χ0n) is 13.6. The van der Waals surface area contributed by atoms with Crippen LogP contribution in [-0.2, 0) is 4.79 Å². The lowest BCUT2D eigenvalue weighted by Gasteiger charge is -2.17. The molecule has 1 saturated heterocycles. The van der Waals surface area contributed by atoms with Crippen LogP contribution < -0.4 is 15.0 Å². The SMILES string of the molecule is CCOc1ccc(N2CC(NC(=O)c3ccccc3)CC2=O)cc1. The second-order valence-corrected chi connectivity index (χ2v) is 5.67. The van der Waals surface area contributed by atoms with E-state index in [0.29, 0.717) is 25.1 Å². The maximum atomic E-state index is 12.3. The Balaban J connectivity index is 1.64. The molecule has 1 fully saturated rings. The average Bonchev–Trinajstić information content (AvgIpc) is 2.97. The lowest BCUT2D eigenvalue weighted by Crippen LogP contribution is -2.37. The molecule has 0 bridgehead atoms. The predicted molar refractivity (Wildman–Crippen MR) is 92.3 cm³/mol. The molecule has 1 heterocycles. The fraction of sp³-hybridized carbons (Fsp3) is 0.263. The normalized spacial score (nSPS) is 17.0. The molecule has 2 aromatic rings. The second-order valence-electron chi connectivity index (χ2n) is 5.67. The number of nitrogens with one attached hydrogen (secondary N) is 1. The summed E-state index contributed by atoms with van der Waals surface area (Å²) < 4.78 is 5.41. The molecule has 0 saturated carbocycles. The highest BCUT2D eigenvalue weighted by Crippen LogP contribution is 2.24. The molecule has 24 heavy (non-hydrogen) atoms. The van der Waals surface area contributed by atoms with Gasteiger partial charge in [-0.15, -0.1) is 0 Å². The number of carbonyl (C=O) groups is 2. The summed E-state index contributed by atoms with van der Waals surface area (Å²) in [6.07, 6.45) is 0.311. The van der Waals surface area contributed by atoms with Crippen LogP contribution in [0.1, 0.15) is 23.7 Å². The van der Waals surface area contributed by atoms with Crippen LogP contribution in [0.5, 0.6) is 5.75 Å². The third-order valence-corrected chi connectivity index (χ3v) is 3.96. The van der Waals surface area contributed by atoms with Gasteiger partial charge in [-0.1, -0.05) is 18.2 Å². The number of amides is 2. The number of carbonyl (C=O) groups excluding carboxylic acids is 2. The third-order valence-electron chi connectivity index (χ3n) is 3.96. The minimum absolute atomic E-state index is 0.0116. The maximum Gasteiger partial charge on any atom is 0.251 e. The number of nitrogens with zero attached hydrogens (tertiary/aromatic N) is 1. The van der Waals surface area contributed by atoms with Crippen molar-refractivity contribution in [2.75, 3.05) is 18.1 Å². The Bertz CT molecular complexity index is 713. The van der Waals surface area contributed by atoms with Gasteiger partial charge >= 0.3 is 0 Å². The van der Waals surface area contributed by atoms with E-state index in [1.807, 2.05) is 49.4 Å². The van der Waals surface area contributed by atoms with Gasteiger partial charge in [-0.05, 0) is 43.3 Å². The number of anilines is 1. The highest BCUT2D eigenvalue weighted by Gasteiger charge is 2.31. The van der Waals surface area contributed by atoms with Gasteiger partial charge in [0.15, 0.2) is 0 Å². The van der Waals surface area contributed by atoms with Gasteiger partial charge in [-0.2, -0.15) is 0 Å². The molecule has 1 unspecified atom stereocenters. The van der Waals surface area contributed by atoms with Gasteiger partial charge in [-0.25, -0.2) is 0 Å². The fourth-order valence-electron chi connectivity index (χ4n) is 2.80. The molecule has 1 atom stereocenters. The molecule has 1 aliphatic heterocycles. The van der Waals surface area contributed by atoms with Crippen LogP contribution in [0.2, 0.25) is 0 Å². The standard InChI is InChI=1S/C19H20N2O3/c1-2-24-17-10-8-16(9-11-17)21-13-15(12-18(21)22)20-19(23)14-6-4-3-5-7-14/h3-11,15H,2,12-13H2,1H3,(H,20,23). The molecule has 124 valence electrons. The Morgan fingerprint density at radius 1 is 1.17 bits per heavy atom. The molecular weight excluding hydrogens is 304 g/mol. The Morgan fingerprint density at radius 2 is 1.88 bits per heavy atom. The molecule has 0 aromatic heterocycles. The van der Waals surface area contributed by atoms with E-state index < -0.39 is 0 Å². The van der Waals surface area contributed by atoms with E-state index in [-0.39, 0.29) is 17.9 Å². The molecule has 1 N–H and O–H groups in total. The Kier molecular flexibility index (Phi) is 4.79. The molecule has 0 radical (unpaired) electrons. The van der Waals surface area contributed by atoms with Crippen molar-refractivity contribution < 1.29 is 14.3 Å². The molecule has 3 rings (SSSR count). The van der Waals surface area contributed by atoms with Crippen molar-refractivity contribution in [3.63, 3.8) is 0 Å². The summed E-state index contributed by atoms with van der Waals surface area (Å²) >= 11 is 0. The van der Waals surface area contributed by atoms with E-state index in [0.717, 1.165) is 11.4 Å². The minimum Gasteiger partial charge on any atom is -0.494 e. The Morgan fingerprint density at radius 3 is 2.54 bits per heavy atom. The van der Waals surface area contributed by atoms with Crippen LogP contribution in [0.3, 0.4) is 0 Å². The highest BCUT2D eigenvalue weighted by atomic mass is 16.5. The number of hydrogen-bond donors (Lipinski definition) is 1. The van der Waals surface area contributed by atoms with Crippen LogP contribution in [-0.4, -0.2) is 31.0 Å². The molecule has 5 heteroatoms. The summed E-state index contributed by atoms with van der Waals surface area (Å²) in [7, 11) is 0. The van der Waals surface area contributed by atoms with Gasteiger partial charge in [0, 0.05) is 24.2 Å². The van der Waals surface area contributed by atoms with E-state index in [9.17, 15) is 9.59 Å². The van der Waals surface area contributed by atoms with Gasteiger partial charge < -0.3 is 15.0 Å². The van der Waals surface area contributed by atoms with Crippen LogP contribution in [0.25, 0.3) is 0 Å². The van der Waals surface area contributed by atoms with Crippen LogP contribution >= 0.6 is 0 Å². The van der Waals surface area contributed by atoms with Gasteiger partial charge in [0.05, 0.1) is 12.6 Å². The van der Waals surface area contributed by atoms with E-state index in [2.05, 4.69) is 5.32 Å².